The number of ether oxygens (including phenoxy) is 1. The fourth-order valence-corrected chi connectivity index (χ4v) is 3.24. The van der Waals surface area contributed by atoms with Crippen LogP contribution in [0, 0.1) is 6.92 Å². The van der Waals surface area contributed by atoms with Gasteiger partial charge < -0.3 is 9.15 Å². The lowest BCUT2D eigenvalue weighted by Gasteiger charge is -2.11. The lowest BCUT2D eigenvalue weighted by atomic mass is 10.1. The molecule has 0 unspecified atom stereocenters. The highest BCUT2D eigenvalue weighted by molar-refractivity contribution is 7.13. The normalized spacial score (nSPS) is 11.0. The van der Waals surface area contributed by atoms with Crippen LogP contribution >= 0.6 is 11.3 Å². The summed E-state index contributed by atoms with van der Waals surface area (Å²) >= 11 is 1.44. The maximum Gasteiger partial charge on any atom is 0.202 e. The average Bonchev–Trinajstić information content (AvgIpc) is 2.98. The van der Waals surface area contributed by atoms with Crippen molar-refractivity contribution >= 4 is 22.3 Å². The molecule has 0 N–H and O–H groups in total. The first kappa shape index (κ1) is 16.5. The lowest BCUT2D eigenvalue weighted by Crippen LogP contribution is -2.07. The molecule has 0 radical (unpaired) electrons. The van der Waals surface area contributed by atoms with Gasteiger partial charge in [-0.1, -0.05) is 13.5 Å². The first-order chi connectivity index (χ1) is 11.5. The van der Waals surface area contributed by atoms with Gasteiger partial charge in [0.05, 0.1) is 10.9 Å². The van der Waals surface area contributed by atoms with Gasteiger partial charge in [-0.15, -0.1) is 11.3 Å². The molecule has 0 saturated heterocycles. The molecule has 0 aliphatic rings. The van der Waals surface area contributed by atoms with Gasteiger partial charge in [0.1, 0.15) is 29.2 Å². The average molecular weight is 341 g/mol. The first-order valence-corrected chi connectivity index (χ1v) is 8.65. The number of thiazole rings is 1. The zero-order valence-corrected chi connectivity index (χ0v) is 14.8. The summed E-state index contributed by atoms with van der Waals surface area (Å²) in [5, 5.41) is 3.16. The van der Waals surface area contributed by atoms with Gasteiger partial charge in [0.2, 0.25) is 5.43 Å². The Morgan fingerprint density at radius 1 is 1.42 bits per heavy atom. The van der Waals surface area contributed by atoms with Crippen LogP contribution < -0.4 is 10.2 Å². The number of hydrogen-bond donors (Lipinski definition) is 0. The number of hydrogen-bond acceptors (Lipinski definition) is 5. The Morgan fingerprint density at radius 2 is 2.21 bits per heavy atom. The molecule has 24 heavy (non-hydrogen) atoms. The van der Waals surface area contributed by atoms with Gasteiger partial charge in [0.25, 0.3) is 0 Å². The number of benzene rings is 1. The number of rotatable bonds is 5. The van der Waals surface area contributed by atoms with Crippen molar-refractivity contribution in [1.29, 1.82) is 0 Å². The quantitative estimate of drug-likeness (QED) is 0.629. The van der Waals surface area contributed by atoms with Crippen LogP contribution in [0.4, 0.5) is 0 Å². The number of aromatic nitrogens is 1. The maximum atomic E-state index is 12.8. The van der Waals surface area contributed by atoms with E-state index in [0.29, 0.717) is 28.1 Å². The Labute approximate surface area is 144 Å². The molecule has 3 aromatic rings. The van der Waals surface area contributed by atoms with Gasteiger partial charge in [-0.05, 0) is 37.5 Å². The monoisotopic (exact) mass is 341 g/mol. The van der Waals surface area contributed by atoms with Crippen LogP contribution in [0.2, 0.25) is 0 Å². The second kappa shape index (κ2) is 6.61. The van der Waals surface area contributed by atoms with Crippen molar-refractivity contribution < 1.29 is 9.15 Å². The molecule has 2 aromatic heterocycles. The largest absolute Gasteiger partial charge is 0.489 e. The first-order valence-electron chi connectivity index (χ1n) is 7.77. The SMILES string of the molecule is C=C(C)COc1cc2occ(-c3nc(C)cs3)c(=O)c2cc1CC. The summed E-state index contributed by atoms with van der Waals surface area (Å²) in [5.41, 5.74) is 3.76. The summed E-state index contributed by atoms with van der Waals surface area (Å²) < 4.78 is 11.5. The van der Waals surface area contributed by atoms with Crippen LogP contribution in [0.25, 0.3) is 21.5 Å². The van der Waals surface area contributed by atoms with E-state index < -0.39 is 0 Å². The third-order valence-electron chi connectivity index (χ3n) is 3.66. The summed E-state index contributed by atoms with van der Waals surface area (Å²) in [5.74, 6) is 0.731. The van der Waals surface area contributed by atoms with E-state index in [1.54, 1.807) is 6.07 Å². The Hall–Kier alpha value is -2.40. The van der Waals surface area contributed by atoms with Gasteiger partial charge in [0.15, 0.2) is 0 Å². The van der Waals surface area contributed by atoms with Crippen LogP contribution in [0.1, 0.15) is 25.1 Å². The van der Waals surface area contributed by atoms with Crippen molar-refractivity contribution in [3.05, 3.63) is 57.4 Å². The molecule has 0 aliphatic carbocycles. The highest BCUT2D eigenvalue weighted by Crippen LogP contribution is 2.28. The van der Waals surface area contributed by atoms with E-state index in [2.05, 4.69) is 11.6 Å². The Bertz CT molecular complexity index is 968. The van der Waals surface area contributed by atoms with E-state index in [4.69, 9.17) is 9.15 Å². The van der Waals surface area contributed by atoms with Crippen molar-refractivity contribution in [1.82, 2.24) is 4.98 Å². The van der Waals surface area contributed by atoms with E-state index in [-0.39, 0.29) is 5.43 Å². The molecule has 0 atom stereocenters. The molecule has 0 amide bonds. The van der Waals surface area contributed by atoms with Crippen molar-refractivity contribution in [2.45, 2.75) is 27.2 Å². The van der Waals surface area contributed by atoms with Crippen molar-refractivity contribution in [3.8, 4) is 16.3 Å². The minimum absolute atomic E-state index is 0.0632. The van der Waals surface area contributed by atoms with Crippen molar-refractivity contribution in [2.75, 3.05) is 6.61 Å². The number of aryl methyl sites for hydroxylation is 2. The van der Waals surface area contributed by atoms with E-state index in [1.807, 2.05) is 32.2 Å². The third-order valence-corrected chi connectivity index (χ3v) is 4.65. The summed E-state index contributed by atoms with van der Waals surface area (Å²) in [4.78, 5) is 17.2. The molecule has 0 bridgehead atoms. The second-order valence-corrected chi connectivity index (χ2v) is 6.69. The van der Waals surface area contributed by atoms with Gasteiger partial charge in [-0.25, -0.2) is 4.98 Å². The molecular weight excluding hydrogens is 322 g/mol. The predicted molar refractivity (Wildman–Crippen MR) is 98.0 cm³/mol. The second-order valence-electron chi connectivity index (χ2n) is 5.83. The molecule has 0 fully saturated rings. The van der Waals surface area contributed by atoms with Crippen LogP contribution in [-0.2, 0) is 6.42 Å². The summed E-state index contributed by atoms with van der Waals surface area (Å²) in [6, 6.07) is 3.65. The molecule has 4 nitrogen and oxygen atoms in total. The van der Waals surface area contributed by atoms with Crippen LogP contribution in [0.5, 0.6) is 5.75 Å². The van der Waals surface area contributed by atoms with Gasteiger partial charge >= 0.3 is 0 Å². The Kier molecular flexibility index (Phi) is 4.53. The summed E-state index contributed by atoms with van der Waals surface area (Å²) in [7, 11) is 0. The minimum atomic E-state index is -0.0632. The molecule has 2 heterocycles. The van der Waals surface area contributed by atoms with Gasteiger partial charge in [-0.3, -0.25) is 4.79 Å². The molecule has 124 valence electrons. The zero-order valence-electron chi connectivity index (χ0n) is 14.0. The standard InChI is InChI=1S/C19H19NO3S/c1-5-13-6-14-17(7-16(13)22-8-11(2)3)23-9-15(18(14)21)19-20-12(4)10-24-19/h6-7,9-10H,2,5,8H2,1,3-4H3. The molecule has 1 aromatic carbocycles. The molecule has 0 aliphatic heterocycles. The molecule has 0 spiro atoms. The fraction of sp³-hybridized carbons (Fsp3) is 0.263. The molecule has 3 rings (SSSR count). The van der Waals surface area contributed by atoms with Crippen molar-refractivity contribution in [3.63, 3.8) is 0 Å². The minimum Gasteiger partial charge on any atom is -0.489 e. The summed E-state index contributed by atoms with van der Waals surface area (Å²) in [6.07, 6.45) is 2.25. The highest BCUT2D eigenvalue weighted by Gasteiger charge is 2.15. The Morgan fingerprint density at radius 3 is 2.83 bits per heavy atom. The van der Waals surface area contributed by atoms with Gasteiger partial charge in [-0.2, -0.15) is 0 Å². The van der Waals surface area contributed by atoms with E-state index in [9.17, 15) is 4.79 Å². The maximum absolute atomic E-state index is 12.8. The zero-order chi connectivity index (χ0) is 17.3. The molecular formula is C19H19NO3S. The van der Waals surface area contributed by atoms with Crippen molar-refractivity contribution in [2.24, 2.45) is 0 Å². The van der Waals surface area contributed by atoms with E-state index in [1.165, 1.54) is 17.6 Å². The number of fused-ring (bicyclic) bond motifs is 1. The van der Waals surface area contributed by atoms with E-state index in [0.717, 1.165) is 29.0 Å². The highest BCUT2D eigenvalue weighted by atomic mass is 32.1. The van der Waals surface area contributed by atoms with Crippen LogP contribution in [0.3, 0.4) is 0 Å². The topological polar surface area (TPSA) is 52.3 Å². The molecule has 5 heteroatoms. The summed E-state index contributed by atoms with van der Waals surface area (Å²) in [6.45, 7) is 10.1. The van der Waals surface area contributed by atoms with E-state index >= 15 is 0 Å². The predicted octanol–water partition coefficient (Wildman–Crippen LogP) is 4.74. The van der Waals surface area contributed by atoms with Crippen LogP contribution in [-0.4, -0.2) is 11.6 Å². The van der Waals surface area contributed by atoms with Crippen LogP contribution in [0.15, 0.2) is 45.1 Å². The smallest absolute Gasteiger partial charge is 0.202 e. The number of nitrogens with zero attached hydrogens (tertiary/aromatic N) is 1. The lowest BCUT2D eigenvalue weighted by molar-refractivity contribution is 0.349. The fourth-order valence-electron chi connectivity index (χ4n) is 2.44. The molecule has 0 saturated carbocycles. The van der Waals surface area contributed by atoms with Gasteiger partial charge in [0, 0.05) is 17.1 Å². The Balaban J connectivity index is 2.13. The third kappa shape index (κ3) is 3.12.